The van der Waals surface area contributed by atoms with E-state index in [0.29, 0.717) is 34.9 Å². The lowest BCUT2D eigenvalue weighted by molar-refractivity contribution is -0.140. The zero-order valence-corrected chi connectivity index (χ0v) is 17.5. The predicted octanol–water partition coefficient (Wildman–Crippen LogP) is 4.13. The topological polar surface area (TPSA) is 64.6 Å². The summed E-state index contributed by atoms with van der Waals surface area (Å²) < 4.78 is 10.4. The first kappa shape index (κ1) is 20.6. The van der Waals surface area contributed by atoms with Crippen molar-refractivity contribution in [3.8, 4) is 0 Å². The molecule has 28 heavy (non-hydrogen) atoms. The van der Waals surface area contributed by atoms with Gasteiger partial charge in [-0.15, -0.1) is 0 Å². The predicted molar refractivity (Wildman–Crippen MR) is 108 cm³/mol. The highest BCUT2D eigenvalue weighted by Crippen LogP contribution is 2.46. The maximum atomic E-state index is 13.1. The molecule has 0 spiro atoms. The smallest absolute Gasteiger partial charge is 0.336 e. The fourth-order valence-corrected chi connectivity index (χ4v) is 4.12. The summed E-state index contributed by atoms with van der Waals surface area (Å²) in [4.78, 5) is 26.0. The Morgan fingerprint density at radius 3 is 2.54 bits per heavy atom. The molecule has 0 unspecified atom stereocenters. The quantitative estimate of drug-likeness (QED) is 0.591. The van der Waals surface area contributed by atoms with Gasteiger partial charge in [-0.2, -0.15) is 0 Å². The van der Waals surface area contributed by atoms with Gasteiger partial charge >= 0.3 is 5.97 Å². The maximum absolute atomic E-state index is 13.1. The first-order valence-electron chi connectivity index (χ1n) is 9.39. The zero-order chi connectivity index (χ0) is 20.5. The van der Waals surface area contributed by atoms with Crippen LogP contribution in [0.25, 0.3) is 0 Å². The second-order valence-electron chi connectivity index (χ2n) is 8.11. The average molecular weight is 404 g/mol. The number of carbonyl (C=O) groups is 2. The van der Waals surface area contributed by atoms with Gasteiger partial charge in [0.2, 0.25) is 0 Å². The minimum absolute atomic E-state index is 0.0633. The average Bonchev–Trinajstić information content (AvgIpc) is 2.60. The summed E-state index contributed by atoms with van der Waals surface area (Å²) in [5.74, 6) is -0.841. The third-order valence-electron chi connectivity index (χ3n) is 5.18. The first-order valence-corrected chi connectivity index (χ1v) is 9.77. The van der Waals surface area contributed by atoms with E-state index in [4.69, 9.17) is 21.1 Å². The van der Waals surface area contributed by atoms with Gasteiger partial charge in [-0.25, -0.2) is 4.79 Å². The molecule has 3 rings (SSSR count). The summed E-state index contributed by atoms with van der Waals surface area (Å²) in [7, 11) is 1.55. The van der Waals surface area contributed by atoms with E-state index < -0.39 is 11.9 Å². The summed E-state index contributed by atoms with van der Waals surface area (Å²) in [6.07, 6.45) is 1.20. The van der Waals surface area contributed by atoms with Gasteiger partial charge in [0, 0.05) is 41.4 Å². The van der Waals surface area contributed by atoms with Crippen LogP contribution in [0.15, 0.2) is 46.8 Å². The molecule has 6 heteroatoms. The van der Waals surface area contributed by atoms with E-state index in [1.807, 2.05) is 19.1 Å². The Balaban J connectivity index is 2.07. The van der Waals surface area contributed by atoms with Crippen LogP contribution in [0.1, 0.15) is 45.1 Å². The number of rotatable bonds is 5. The second kappa shape index (κ2) is 8.10. The Morgan fingerprint density at radius 1 is 1.21 bits per heavy atom. The highest BCUT2D eigenvalue weighted by molar-refractivity contribution is 6.30. The normalized spacial score (nSPS) is 21.3. The molecule has 1 aromatic carbocycles. The van der Waals surface area contributed by atoms with Crippen molar-refractivity contribution in [3.63, 3.8) is 0 Å². The Bertz CT molecular complexity index is 852. The summed E-state index contributed by atoms with van der Waals surface area (Å²) in [5, 5.41) is 3.92. The molecule has 0 fully saturated rings. The van der Waals surface area contributed by atoms with E-state index in [0.717, 1.165) is 17.7 Å². The number of allylic oxidation sites excluding steroid dienone is 3. The van der Waals surface area contributed by atoms with Crippen molar-refractivity contribution in [2.45, 2.75) is 39.5 Å². The molecule has 1 aliphatic carbocycles. The van der Waals surface area contributed by atoms with Crippen molar-refractivity contribution in [1.82, 2.24) is 5.32 Å². The molecular formula is C22H26ClNO4. The minimum atomic E-state index is -0.466. The number of ether oxygens (including phenoxy) is 2. The maximum Gasteiger partial charge on any atom is 0.336 e. The molecule has 1 N–H and O–H groups in total. The van der Waals surface area contributed by atoms with Crippen LogP contribution in [0.5, 0.6) is 0 Å². The molecule has 0 amide bonds. The van der Waals surface area contributed by atoms with E-state index in [1.54, 1.807) is 19.2 Å². The van der Waals surface area contributed by atoms with Crippen molar-refractivity contribution in [2.75, 3.05) is 20.3 Å². The number of esters is 1. The third kappa shape index (κ3) is 4.15. The van der Waals surface area contributed by atoms with Crippen LogP contribution in [-0.2, 0) is 19.1 Å². The molecule has 150 valence electrons. The van der Waals surface area contributed by atoms with Crippen molar-refractivity contribution in [2.24, 2.45) is 5.41 Å². The number of carbonyl (C=O) groups excluding carboxylic acids is 2. The number of halogens is 1. The van der Waals surface area contributed by atoms with Gasteiger partial charge in [0.15, 0.2) is 5.78 Å². The summed E-state index contributed by atoms with van der Waals surface area (Å²) in [6, 6.07) is 7.29. The number of hydrogen-bond acceptors (Lipinski definition) is 5. The molecule has 0 saturated heterocycles. The first-order chi connectivity index (χ1) is 13.2. The standard InChI is InChI=1S/C22H26ClNO4/c1-13-18(21(26)28-10-9-27-4)19(14-5-7-15(23)8-6-14)20-16(24-13)11-22(2,3)12-17(20)25/h5-8,19,24H,9-12H2,1-4H3/t19-/m1/s1. The molecule has 2 aliphatic rings. The molecule has 1 aromatic rings. The molecule has 1 heterocycles. The van der Waals surface area contributed by atoms with E-state index in [1.165, 1.54) is 0 Å². The van der Waals surface area contributed by atoms with Crippen molar-refractivity contribution < 1.29 is 19.1 Å². The molecule has 5 nitrogen and oxygen atoms in total. The van der Waals surface area contributed by atoms with Crippen molar-refractivity contribution in [3.05, 3.63) is 57.4 Å². The van der Waals surface area contributed by atoms with Gasteiger partial charge in [-0.05, 0) is 36.5 Å². The molecule has 1 atom stereocenters. The summed E-state index contributed by atoms with van der Waals surface area (Å²) in [5.41, 5.74) is 3.46. The third-order valence-corrected chi connectivity index (χ3v) is 5.44. The fraction of sp³-hybridized carbons (Fsp3) is 0.455. The number of Topliss-reactive ketones (excluding diaryl/α,β-unsaturated/α-hetero) is 1. The summed E-state index contributed by atoms with van der Waals surface area (Å²) in [6.45, 7) is 6.50. The number of hydrogen-bond donors (Lipinski definition) is 1. The number of dihydropyridines is 1. The van der Waals surface area contributed by atoms with Crippen LogP contribution in [-0.4, -0.2) is 32.1 Å². The van der Waals surface area contributed by atoms with Gasteiger partial charge in [0.1, 0.15) is 6.61 Å². The molecule has 0 radical (unpaired) electrons. The zero-order valence-electron chi connectivity index (χ0n) is 16.7. The lowest BCUT2D eigenvalue weighted by Gasteiger charge is -2.39. The second-order valence-corrected chi connectivity index (χ2v) is 8.55. The Morgan fingerprint density at radius 2 is 1.89 bits per heavy atom. The van der Waals surface area contributed by atoms with E-state index in [9.17, 15) is 9.59 Å². The van der Waals surface area contributed by atoms with E-state index in [2.05, 4.69) is 19.2 Å². The number of nitrogens with one attached hydrogen (secondary N) is 1. The molecule has 0 bridgehead atoms. The van der Waals surface area contributed by atoms with Gasteiger partial charge in [0.25, 0.3) is 0 Å². The van der Waals surface area contributed by atoms with Crippen LogP contribution in [0.3, 0.4) is 0 Å². The lowest BCUT2D eigenvalue weighted by Crippen LogP contribution is -2.38. The van der Waals surface area contributed by atoms with Gasteiger partial charge in [-0.3, -0.25) is 4.79 Å². The van der Waals surface area contributed by atoms with Crippen molar-refractivity contribution >= 4 is 23.4 Å². The number of benzene rings is 1. The lowest BCUT2D eigenvalue weighted by atomic mass is 9.68. The van der Waals surface area contributed by atoms with Gasteiger partial charge in [0.05, 0.1) is 12.2 Å². The largest absolute Gasteiger partial charge is 0.460 e. The monoisotopic (exact) mass is 403 g/mol. The number of methoxy groups -OCH3 is 1. The van der Waals surface area contributed by atoms with Crippen LogP contribution < -0.4 is 5.32 Å². The Hall–Kier alpha value is -2.11. The van der Waals surface area contributed by atoms with Crippen LogP contribution in [0, 0.1) is 5.41 Å². The van der Waals surface area contributed by atoms with Gasteiger partial charge < -0.3 is 14.8 Å². The highest BCUT2D eigenvalue weighted by atomic mass is 35.5. The van der Waals surface area contributed by atoms with Gasteiger partial charge in [-0.1, -0.05) is 37.6 Å². The molecular weight excluding hydrogens is 378 g/mol. The Kier molecular flexibility index (Phi) is 5.96. The molecule has 0 aromatic heterocycles. The molecule has 1 aliphatic heterocycles. The summed E-state index contributed by atoms with van der Waals surface area (Å²) >= 11 is 6.06. The van der Waals surface area contributed by atoms with E-state index >= 15 is 0 Å². The van der Waals surface area contributed by atoms with E-state index in [-0.39, 0.29) is 17.8 Å². The molecule has 0 saturated carbocycles. The SMILES string of the molecule is COCCOC(=O)C1=C(C)NC2=C(C(=O)CC(C)(C)C2)[C@@H]1c1ccc(Cl)cc1. The Labute approximate surface area is 170 Å². The van der Waals surface area contributed by atoms with Crippen LogP contribution >= 0.6 is 11.6 Å². The minimum Gasteiger partial charge on any atom is -0.460 e. The van der Waals surface area contributed by atoms with Crippen LogP contribution in [0.4, 0.5) is 0 Å². The van der Waals surface area contributed by atoms with Crippen LogP contribution in [0.2, 0.25) is 5.02 Å². The fourth-order valence-electron chi connectivity index (χ4n) is 3.99. The number of ketones is 1. The van der Waals surface area contributed by atoms with Crippen molar-refractivity contribution in [1.29, 1.82) is 0 Å². The highest BCUT2D eigenvalue weighted by Gasteiger charge is 2.43.